The van der Waals surface area contributed by atoms with E-state index in [0.717, 1.165) is 11.8 Å². The highest BCUT2D eigenvalue weighted by atomic mass is 32.2. The number of ether oxygens (including phenoxy) is 2. The fourth-order valence-corrected chi connectivity index (χ4v) is 2.15. The summed E-state index contributed by atoms with van der Waals surface area (Å²) < 4.78 is 11.9. The minimum absolute atomic E-state index is 0.105. The zero-order chi connectivity index (χ0) is 14.5. The van der Waals surface area contributed by atoms with E-state index >= 15 is 0 Å². The lowest BCUT2D eigenvalue weighted by atomic mass is 10.3. The average molecular weight is 295 g/mol. The number of tetrazole rings is 1. The largest absolute Gasteiger partial charge is 0.493 e. The molecule has 2 N–H and O–H groups in total. The summed E-state index contributed by atoms with van der Waals surface area (Å²) in [6.07, 6.45) is 0. The smallest absolute Gasteiger partial charge is 0.227 e. The van der Waals surface area contributed by atoms with Gasteiger partial charge >= 0.3 is 0 Å². The maximum absolute atomic E-state index is 10.8. The lowest BCUT2D eigenvalue weighted by Gasteiger charge is -2.09. The van der Waals surface area contributed by atoms with Crippen molar-refractivity contribution in [2.45, 2.75) is 5.16 Å². The van der Waals surface area contributed by atoms with Crippen molar-refractivity contribution in [2.24, 2.45) is 5.73 Å². The zero-order valence-electron chi connectivity index (χ0n) is 10.9. The van der Waals surface area contributed by atoms with Crippen molar-refractivity contribution in [3.63, 3.8) is 0 Å². The Morgan fingerprint density at radius 2 is 2.10 bits per heavy atom. The van der Waals surface area contributed by atoms with Crippen LogP contribution in [0.25, 0.3) is 5.69 Å². The van der Waals surface area contributed by atoms with Crippen LogP contribution < -0.4 is 15.2 Å². The summed E-state index contributed by atoms with van der Waals surface area (Å²) in [4.78, 5) is 10.8. The van der Waals surface area contributed by atoms with Gasteiger partial charge in [-0.15, -0.1) is 5.10 Å². The van der Waals surface area contributed by atoms with Crippen LogP contribution in [0.1, 0.15) is 0 Å². The maximum Gasteiger partial charge on any atom is 0.227 e. The summed E-state index contributed by atoms with van der Waals surface area (Å²) >= 11 is 1.16. The number of aromatic nitrogens is 4. The molecule has 9 heteroatoms. The lowest BCUT2D eigenvalue weighted by molar-refractivity contribution is -0.115. The minimum Gasteiger partial charge on any atom is -0.493 e. The Hall–Kier alpha value is -2.29. The predicted octanol–water partition coefficient (Wildman–Crippen LogP) is 0.257. The SMILES string of the molecule is COc1ccc(-n2nnnc2SCC(N)=O)cc1OC. The first-order chi connectivity index (χ1) is 9.65. The molecule has 0 spiro atoms. The number of carbonyl (C=O) groups excluding carboxylic acids is 1. The van der Waals surface area contributed by atoms with Crippen molar-refractivity contribution < 1.29 is 14.3 Å². The second kappa shape index (κ2) is 6.24. The molecule has 0 aliphatic rings. The molecule has 0 aliphatic carbocycles. The van der Waals surface area contributed by atoms with Crippen molar-refractivity contribution in [1.29, 1.82) is 0 Å². The van der Waals surface area contributed by atoms with Gasteiger partial charge in [0.1, 0.15) is 0 Å². The van der Waals surface area contributed by atoms with E-state index in [1.54, 1.807) is 32.4 Å². The number of nitrogens with two attached hydrogens (primary N) is 1. The van der Waals surface area contributed by atoms with E-state index in [0.29, 0.717) is 22.3 Å². The number of thioether (sulfide) groups is 1. The Kier molecular flexibility index (Phi) is 4.41. The van der Waals surface area contributed by atoms with Gasteiger partial charge < -0.3 is 15.2 Å². The van der Waals surface area contributed by atoms with Gasteiger partial charge in [-0.2, -0.15) is 4.68 Å². The van der Waals surface area contributed by atoms with Gasteiger partial charge in [-0.25, -0.2) is 0 Å². The molecular formula is C11H13N5O3S. The van der Waals surface area contributed by atoms with Crippen molar-refractivity contribution in [3.05, 3.63) is 18.2 Å². The Morgan fingerprint density at radius 3 is 2.75 bits per heavy atom. The average Bonchev–Trinajstić information content (AvgIpc) is 2.92. The van der Waals surface area contributed by atoms with Crippen LogP contribution in [0.2, 0.25) is 0 Å². The predicted molar refractivity (Wildman–Crippen MR) is 72.2 cm³/mol. The van der Waals surface area contributed by atoms with E-state index in [9.17, 15) is 4.79 Å². The summed E-state index contributed by atoms with van der Waals surface area (Å²) in [5, 5.41) is 11.8. The van der Waals surface area contributed by atoms with Gasteiger partial charge in [-0.1, -0.05) is 11.8 Å². The van der Waals surface area contributed by atoms with E-state index in [1.165, 1.54) is 4.68 Å². The number of rotatable bonds is 6. The lowest BCUT2D eigenvalue weighted by Crippen LogP contribution is -2.13. The molecule has 20 heavy (non-hydrogen) atoms. The normalized spacial score (nSPS) is 10.3. The Bertz CT molecular complexity index is 616. The first-order valence-electron chi connectivity index (χ1n) is 5.57. The topological polar surface area (TPSA) is 105 Å². The molecule has 1 aromatic carbocycles. The van der Waals surface area contributed by atoms with Crippen LogP contribution in [0.3, 0.4) is 0 Å². The Balaban J connectivity index is 2.32. The van der Waals surface area contributed by atoms with Crippen molar-refractivity contribution in [2.75, 3.05) is 20.0 Å². The highest BCUT2D eigenvalue weighted by molar-refractivity contribution is 7.99. The number of benzene rings is 1. The summed E-state index contributed by atoms with van der Waals surface area (Å²) in [7, 11) is 3.10. The van der Waals surface area contributed by atoms with Gasteiger partial charge in [-0.05, 0) is 22.6 Å². The van der Waals surface area contributed by atoms with Gasteiger partial charge in [0, 0.05) is 6.07 Å². The van der Waals surface area contributed by atoms with Crippen molar-refractivity contribution in [3.8, 4) is 17.2 Å². The van der Waals surface area contributed by atoms with E-state index in [4.69, 9.17) is 15.2 Å². The fraction of sp³-hybridized carbons (Fsp3) is 0.273. The van der Waals surface area contributed by atoms with Crippen molar-refractivity contribution in [1.82, 2.24) is 20.2 Å². The molecule has 0 saturated heterocycles. The van der Waals surface area contributed by atoms with E-state index in [2.05, 4.69) is 15.5 Å². The molecule has 0 bridgehead atoms. The number of amides is 1. The molecule has 0 radical (unpaired) electrons. The molecular weight excluding hydrogens is 282 g/mol. The van der Waals surface area contributed by atoms with Crippen LogP contribution in [0.15, 0.2) is 23.4 Å². The van der Waals surface area contributed by atoms with Gasteiger partial charge in [0.05, 0.1) is 25.7 Å². The first-order valence-corrected chi connectivity index (χ1v) is 6.56. The third kappa shape index (κ3) is 2.99. The van der Waals surface area contributed by atoms with Crippen LogP contribution in [0.5, 0.6) is 11.5 Å². The molecule has 0 saturated carbocycles. The highest BCUT2D eigenvalue weighted by Gasteiger charge is 2.12. The first kappa shape index (κ1) is 14.1. The third-order valence-corrected chi connectivity index (χ3v) is 3.34. The monoisotopic (exact) mass is 295 g/mol. The summed E-state index contributed by atoms with van der Waals surface area (Å²) in [6, 6.07) is 5.27. The fourth-order valence-electron chi connectivity index (χ4n) is 1.52. The van der Waals surface area contributed by atoms with E-state index in [-0.39, 0.29) is 5.75 Å². The minimum atomic E-state index is -0.433. The molecule has 2 aromatic rings. The number of hydrogen-bond donors (Lipinski definition) is 1. The van der Waals surface area contributed by atoms with Crippen molar-refractivity contribution >= 4 is 17.7 Å². The number of nitrogens with zero attached hydrogens (tertiary/aromatic N) is 4. The number of methoxy groups -OCH3 is 2. The quantitative estimate of drug-likeness (QED) is 0.762. The number of primary amides is 1. The third-order valence-electron chi connectivity index (χ3n) is 2.40. The summed E-state index contributed by atoms with van der Waals surface area (Å²) in [5.74, 6) is 0.840. The maximum atomic E-state index is 10.8. The van der Waals surface area contributed by atoms with Gasteiger partial charge in [0.15, 0.2) is 11.5 Å². The molecule has 2 rings (SSSR count). The zero-order valence-corrected chi connectivity index (χ0v) is 11.8. The molecule has 1 heterocycles. The molecule has 0 aliphatic heterocycles. The van der Waals surface area contributed by atoms with Crippen LogP contribution in [-0.2, 0) is 4.79 Å². The summed E-state index contributed by atoms with van der Waals surface area (Å²) in [6.45, 7) is 0. The van der Waals surface area contributed by atoms with Crippen LogP contribution in [0, 0.1) is 0 Å². The second-order valence-corrected chi connectivity index (χ2v) is 4.61. The van der Waals surface area contributed by atoms with Gasteiger partial charge in [-0.3, -0.25) is 4.79 Å². The molecule has 106 valence electrons. The Labute approximate surface area is 119 Å². The standard InChI is InChI=1S/C11H13N5O3S/c1-18-8-4-3-7(5-9(8)19-2)16-11(13-14-15-16)20-6-10(12)17/h3-5H,6H2,1-2H3,(H2,12,17). The van der Waals surface area contributed by atoms with Crippen LogP contribution >= 0.6 is 11.8 Å². The molecule has 0 unspecified atom stereocenters. The van der Waals surface area contributed by atoms with E-state index in [1.807, 2.05) is 0 Å². The summed E-state index contributed by atoms with van der Waals surface area (Å²) in [5.41, 5.74) is 5.80. The molecule has 0 atom stereocenters. The highest BCUT2D eigenvalue weighted by Crippen LogP contribution is 2.29. The molecule has 1 amide bonds. The number of hydrogen-bond acceptors (Lipinski definition) is 7. The molecule has 8 nitrogen and oxygen atoms in total. The molecule has 0 fully saturated rings. The van der Waals surface area contributed by atoms with Crippen LogP contribution in [-0.4, -0.2) is 46.1 Å². The molecule has 1 aromatic heterocycles. The van der Waals surface area contributed by atoms with Gasteiger partial charge in [0.25, 0.3) is 0 Å². The number of carbonyl (C=O) groups is 1. The Morgan fingerprint density at radius 1 is 1.35 bits per heavy atom. The van der Waals surface area contributed by atoms with Crippen LogP contribution in [0.4, 0.5) is 0 Å². The second-order valence-electron chi connectivity index (χ2n) is 3.67. The van der Waals surface area contributed by atoms with Gasteiger partial charge in [0.2, 0.25) is 11.1 Å². The van der Waals surface area contributed by atoms with E-state index < -0.39 is 5.91 Å².